The maximum atomic E-state index is 12.1. The lowest BCUT2D eigenvalue weighted by Crippen LogP contribution is -2.26. The van der Waals surface area contributed by atoms with Crippen LogP contribution in [-0.4, -0.2) is 5.91 Å². The first-order valence-corrected chi connectivity index (χ1v) is 6.66. The summed E-state index contributed by atoms with van der Waals surface area (Å²) < 4.78 is 5.41. The van der Waals surface area contributed by atoms with Crippen molar-refractivity contribution < 1.29 is 9.21 Å². The molecular formula is C15H16ClNO2. The third-order valence-corrected chi connectivity index (χ3v) is 3.32. The lowest BCUT2D eigenvalue weighted by molar-refractivity contribution is 0.0910. The summed E-state index contributed by atoms with van der Waals surface area (Å²) in [5.41, 5.74) is 1.90. The molecule has 0 aliphatic heterocycles. The maximum Gasteiger partial charge on any atom is 0.287 e. The Morgan fingerprint density at radius 1 is 1.37 bits per heavy atom. The molecule has 1 amide bonds. The Morgan fingerprint density at radius 2 is 2.05 bits per heavy atom. The average Bonchev–Trinajstić information content (AvgIpc) is 2.81. The zero-order chi connectivity index (χ0) is 13.8. The average molecular weight is 278 g/mol. The summed E-state index contributed by atoms with van der Waals surface area (Å²) in [6, 6.07) is 11.4. The zero-order valence-corrected chi connectivity index (χ0v) is 11.7. The van der Waals surface area contributed by atoms with Crippen LogP contribution < -0.4 is 5.32 Å². The van der Waals surface area contributed by atoms with Gasteiger partial charge in [-0.15, -0.1) is 11.6 Å². The van der Waals surface area contributed by atoms with E-state index in [4.69, 9.17) is 16.0 Å². The highest BCUT2D eigenvalue weighted by atomic mass is 35.5. The van der Waals surface area contributed by atoms with E-state index in [9.17, 15) is 4.79 Å². The summed E-state index contributed by atoms with van der Waals surface area (Å²) in [5, 5.41) is 2.90. The summed E-state index contributed by atoms with van der Waals surface area (Å²) in [6.45, 7) is 3.74. The van der Waals surface area contributed by atoms with Crippen LogP contribution in [0.5, 0.6) is 0 Å². The number of hydrogen-bond donors (Lipinski definition) is 1. The Balaban J connectivity index is 2.08. The minimum Gasteiger partial charge on any atom is -0.456 e. The molecule has 19 heavy (non-hydrogen) atoms. The standard InChI is InChI=1S/C15H16ClNO2/c1-10(12-6-4-3-5-7-12)17-15(18)14-8-13(9-16)11(2)19-14/h3-8,10H,9H2,1-2H3,(H,17,18). The molecule has 0 bridgehead atoms. The van der Waals surface area contributed by atoms with Crippen LogP contribution in [0.3, 0.4) is 0 Å². The molecular weight excluding hydrogens is 262 g/mol. The molecule has 2 rings (SSSR count). The van der Waals surface area contributed by atoms with Gasteiger partial charge in [0, 0.05) is 5.56 Å². The maximum absolute atomic E-state index is 12.1. The van der Waals surface area contributed by atoms with Gasteiger partial charge in [-0.1, -0.05) is 30.3 Å². The van der Waals surface area contributed by atoms with Gasteiger partial charge >= 0.3 is 0 Å². The van der Waals surface area contributed by atoms with Crippen LogP contribution in [0.25, 0.3) is 0 Å². The molecule has 3 nitrogen and oxygen atoms in total. The Kier molecular flexibility index (Phi) is 4.27. The van der Waals surface area contributed by atoms with Crippen molar-refractivity contribution in [1.82, 2.24) is 5.32 Å². The third kappa shape index (κ3) is 3.18. The minimum absolute atomic E-state index is 0.0708. The first-order chi connectivity index (χ1) is 9.11. The molecule has 0 fully saturated rings. The van der Waals surface area contributed by atoms with Crippen molar-refractivity contribution in [3.8, 4) is 0 Å². The lowest BCUT2D eigenvalue weighted by Gasteiger charge is -2.12. The first kappa shape index (κ1) is 13.7. The van der Waals surface area contributed by atoms with E-state index in [-0.39, 0.29) is 11.9 Å². The lowest BCUT2D eigenvalue weighted by atomic mass is 10.1. The van der Waals surface area contributed by atoms with Gasteiger partial charge in [-0.25, -0.2) is 0 Å². The molecule has 0 saturated heterocycles. The largest absolute Gasteiger partial charge is 0.456 e. The van der Waals surface area contributed by atoms with Gasteiger partial charge in [-0.05, 0) is 25.5 Å². The predicted molar refractivity (Wildman–Crippen MR) is 75.3 cm³/mol. The molecule has 0 aliphatic carbocycles. The van der Waals surface area contributed by atoms with Crippen LogP contribution >= 0.6 is 11.6 Å². The van der Waals surface area contributed by atoms with Gasteiger partial charge in [0.15, 0.2) is 5.76 Å². The fourth-order valence-electron chi connectivity index (χ4n) is 1.86. The molecule has 1 aromatic heterocycles. The highest BCUT2D eigenvalue weighted by Crippen LogP contribution is 2.18. The van der Waals surface area contributed by atoms with E-state index in [1.54, 1.807) is 13.0 Å². The second kappa shape index (κ2) is 5.93. The molecule has 0 aliphatic rings. The normalized spacial score (nSPS) is 12.2. The van der Waals surface area contributed by atoms with Gasteiger partial charge < -0.3 is 9.73 Å². The van der Waals surface area contributed by atoms with Crippen molar-refractivity contribution >= 4 is 17.5 Å². The van der Waals surface area contributed by atoms with Gasteiger partial charge in [0.05, 0.1) is 11.9 Å². The van der Waals surface area contributed by atoms with Gasteiger partial charge in [-0.3, -0.25) is 4.79 Å². The topological polar surface area (TPSA) is 42.2 Å². The highest BCUT2D eigenvalue weighted by Gasteiger charge is 2.16. The van der Waals surface area contributed by atoms with Crippen molar-refractivity contribution in [1.29, 1.82) is 0 Å². The van der Waals surface area contributed by atoms with E-state index >= 15 is 0 Å². The van der Waals surface area contributed by atoms with Crippen molar-refractivity contribution in [3.05, 3.63) is 59.0 Å². The number of alkyl halides is 1. The third-order valence-electron chi connectivity index (χ3n) is 3.04. The molecule has 100 valence electrons. The van der Waals surface area contributed by atoms with Crippen LogP contribution in [0.15, 0.2) is 40.8 Å². The Morgan fingerprint density at radius 3 is 2.63 bits per heavy atom. The monoisotopic (exact) mass is 277 g/mol. The number of benzene rings is 1. The Labute approximate surface area is 117 Å². The number of amides is 1. The van der Waals surface area contributed by atoms with Gasteiger partial charge in [0.2, 0.25) is 0 Å². The van der Waals surface area contributed by atoms with Gasteiger partial charge in [0.25, 0.3) is 5.91 Å². The molecule has 0 spiro atoms. The summed E-state index contributed by atoms with van der Waals surface area (Å²) in [6.07, 6.45) is 0. The first-order valence-electron chi connectivity index (χ1n) is 6.13. The smallest absolute Gasteiger partial charge is 0.287 e. The van der Waals surface area contributed by atoms with Crippen molar-refractivity contribution in [2.24, 2.45) is 0 Å². The number of furan rings is 1. The number of rotatable bonds is 4. The molecule has 0 saturated carbocycles. The fourth-order valence-corrected chi connectivity index (χ4v) is 2.12. The molecule has 1 N–H and O–H groups in total. The van der Waals surface area contributed by atoms with E-state index in [1.165, 1.54) is 0 Å². The Bertz CT molecular complexity index is 563. The molecule has 4 heteroatoms. The summed E-state index contributed by atoms with van der Waals surface area (Å²) in [5.74, 6) is 1.11. The summed E-state index contributed by atoms with van der Waals surface area (Å²) in [7, 11) is 0. The molecule has 1 heterocycles. The summed E-state index contributed by atoms with van der Waals surface area (Å²) >= 11 is 5.76. The SMILES string of the molecule is Cc1oc(C(=O)NC(C)c2ccccc2)cc1CCl. The molecule has 1 unspecified atom stereocenters. The van der Waals surface area contributed by atoms with Crippen LogP contribution in [0.4, 0.5) is 0 Å². The van der Waals surface area contributed by atoms with Crippen LogP contribution in [0, 0.1) is 6.92 Å². The van der Waals surface area contributed by atoms with E-state index < -0.39 is 0 Å². The second-order valence-electron chi connectivity index (χ2n) is 4.43. The number of aryl methyl sites for hydroxylation is 1. The van der Waals surface area contributed by atoms with E-state index in [2.05, 4.69) is 5.32 Å². The van der Waals surface area contributed by atoms with Gasteiger partial charge in [0.1, 0.15) is 5.76 Å². The van der Waals surface area contributed by atoms with Gasteiger partial charge in [-0.2, -0.15) is 0 Å². The molecule has 1 aromatic carbocycles. The zero-order valence-electron chi connectivity index (χ0n) is 10.9. The van der Waals surface area contributed by atoms with Crippen LogP contribution in [0.2, 0.25) is 0 Å². The van der Waals surface area contributed by atoms with Crippen molar-refractivity contribution in [2.75, 3.05) is 0 Å². The van der Waals surface area contributed by atoms with Crippen molar-refractivity contribution in [3.63, 3.8) is 0 Å². The minimum atomic E-state index is -0.226. The summed E-state index contributed by atoms with van der Waals surface area (Å²) in [4.78, 5) is 12.1. The number of carbonyl (C=O) groups excluding carboxylic acids is 1. The van der Waals surface area contributed by atoms with Crippen molar-refractivity contribution in [2.45, 2.75) is 25.8 Å². The number of carbonyl (C=O) groups is 1. The molecule has 2 aromatic rings. The second-order valence-corrected chi connectivity index (χ2v) is 4.70. The van der Waals surface area contributed by atoms with E-state index in [0.29, 0.717) is 17.4 Å². The quantitative estimate of drug-likeness (QED) is 0.863. The Hall–Kier alpha value is -1.74. The highest BCUT2D eigenvalue weighted by molar-refractivity contribution is 6.17. The fraction of sp³-hybridized carbons (Fsp3) is 0.267. The van der Waals surface area contributed by atoms with Crippen LogP contribution in [0.1, 0.15) is 40.4 Å². The predicted octanol–water partition coefficient (Wildman–Crippen LogP) is 3.82. The van der Waals surface area contributed by atoms with Crippen LogP contribution in [-0.2, 0) is 5.88 Å². The van der Waals surface area contributed by atoms with E-state index in [1.807, 2.05) is 37.3 Å². The number of nitrogens with one attached hydrogen (secondary N) is 1. The molecule has 0 radical (unpaired) electrons. The number of hydrogen-bond acceptors (Lipinski definition) is 2. The van der Waals surface area contributed by atoms with E-state index in [0.717, 1.165) is 11.1 Å². The molecule has 1 atom stereocenters. The number of halogens is 1.